The van der Waals surface area contributed by atoms with Crippen LogP contribution in [0.1, 0.15) is 43.7 Å². The van der Waals surface area contributed by atoms with Gasteiger partial charge >= 0.3 is 0 Å². The van der Waals surface area contributed by atoms with E-state index < -0.39 is 5.54 Å². The van der Waals surface area contributed by atoms with Crippen LogP contribution >= 0.6 is 0 Å². The molecule has 0 bridgehead atoms. The van der Waals surface area contributed by atoms with Gasteiger partial charge in [0, 0.05) is 62.0 Å². The number of rotatable bonds is 5. The fourth-order valence-corrected chi connectivity index (χ4v) is 5.96. The molecular formula is C29H29N9O2. The van der Waals surface area contributed by atoms with Gasteiger partial charge in [-0.3, -0.25) is 9.48 Å². The quantitative estimate of drug-likeness (QED) is 0.384. The van der Waals surface area contributed by atoms with E-state index in [0.717, 1.165) is 40.9 Å². The fourth-order valence-electron chi connectivity index (χ4n) is 5.96. The molecule has 5 heterocycles. The predicted octanol–water partition coefficient (Wildman–Crippen LogP) is 3.84. The van der Waals surface area contributed by atoms with Gasteiger partial charge in [0.15, 0.2) is 5.82 Å². The monoisotopic (exact) mass is 535 g/mol. The summed E-state index contributed by atoms with van der Waals surface area (Å²) in [7, 11) is 0. The number of piperidine rings is 1. The second kappa shape index (κ2) is 10.4. The van der Waals surface area contributed by atoms with Crippen molar-refractivity contribution in [3.05, 3.63) is 65.9 Å². The lowest BCUT2D eigenvalue weighted by molar-refractivity contribution is -0.131. The molecule has 6 rings (SSSR count). The summed E-state index contributed by atoms with van der Waals surface area (Å²) in [6.45, 7) is 10.4. The van der Waals surface area contributed by atoms with E-state index >= 15 is 0 Å². The standard InChI is InChI=1S/C29H29N9O2/c1-32-29(9-13-36(14-10-29)26(39)5-11-30)21-4-2-3-20(17-21)25-18-23(27-28(31)33-19-35-38(25)27)24-6-12-34-37(24)22-7-15-40-16-8-22/h2-4,6,12,17-19,22H,5,7-10,13-16H2,(H2,31,33,35). The molecule has 4 aromatic rings. The molecule has 0 atom stereocenters. The number of hydrogen-bond donors (Lipinski definition) is 1. The lowest BCUT2D eigenvalue weighted by Gasteiger charge is -2.34. The van der Waals surface area contributed by atoms with Gasteiger partial charge in [-0.05, 0) is 31.0 Å². The molecule has 1 aromatic carbocycles. The number of fused-ring (bicyclic) bond motifs is 1. The van der Waals surface area contributed by atoms with Gasteiger partial charge in [0.25, 0.3) is 5.54 Å². The molecule has 202 valence electrons. The number of hydrogen-bond acceptors (Lipinski definition) is 7. The molecule has 2 saturated heterocycles. The zero-order chi connectivity index (χ0) is 27.7. The molecule has 2 aliphatic heterocycles. The predicted molar refractivity (Wildman–Crippen MR) is 147 cm³/mol. The minimum Gasteiger partial charge on any atom is -0.382 e. The molecule has 2 fully saturated rings. The van der Waals surface area contributed by atoms with Crippen LogP contribution in [-0.2, 0) is 15.1 Å². The third-order valence-corrected chi connectivity index (χ3v) is 8.15. The summed E-state index contributed by atoms with van der Waals surface area (Å²) in [5.41, 5.74) is 10.9. The van der Waals surface area contributed by atoms with Gasteiger partial charge in [0.1, 0.15) is 18.3 Å². The first-order valence-corrected chi connectivity index (χ1v) is 13.4. The topological polar surface area (TPSA) is 132 Å². The van der Waals surface area contributed by atoms with E-state index in [0.29, 0.717) is 50.5 Å². The normalized spacial score (nSPS) is 17.4. The van der Waals surface area contributed by atoms with Crippen LogP contribution in [0.25, 0.3) is 32.9 Å². The highest BCUT2D eigenvalue weighted by molar-refractivity contribution is 5.91. The van der Waals surface area contributed by atoms with Gasteiger partial charge in [-0.25, -0.2) is 16.1 Å². The summed E-state index contributed by atoms with van der Waals surface area (Å²) in [4.78, 5) is 22.3. The van der Waals surface area contributed by atoms with Crippen LogP contribution in [0.5, 0.6) is 0 Å². The fraction of sp³-hybridized carbons (Fsp3) is 0.379. The van der Waals surface area contributed by atoms with E-state index in [9.17, 15) is 4.79 Å². The second-order valence-electron chi connectivity index (χ2n) is 10.3. The van der Waals surface area contributed by atoms with Crippen molar-refractivity contribution in [1.29, 1.82) is 5.26 Å². The van der Waals surface area contributed by atoms with Crippen molar-refractivity contribution in [2.45, 2.75) is 43.7 Å². The highest BCUT2D eigenvalue weighted by atomic mass is 16.5. The number of likely N-dealkylation sites (tertiary alicyclic amines) is 1. The lowest BCUT2D eigenvalue weighted by Crippen LogP contribution is -2.43. The van der Waals surface area contributed by atoms with Gasteiger partial charge in [-0.2, -0.15) is 15.5 Å². The average molecular weight is 536 g/mol. The van der Waals surface area contributed by atoms with E-state index in [1.807, 2.05) is 47.1 Å². The Hall–Kier alpha value is -4.74. The van der Waals surface area contributed by atoms with Crippen molar-refractivity contribution in [1.82, 2.24) is 29.3 Å². The van der Waals surface area contributed by atoms with E-state index in [1.54, 1.807) is 4.90 Å². The Morgan fingerprint density at radius 2 is 1.98 bits per heavy atom. The second-order valence-corrected chi connectivity index (χ2v) is 10.3. The van der Waals surface area contributed by atoms with Gasteiger partial charge < -0.3 is 20.2 Å². The SMILES string of the molecule is [C-]#[N+]C1(c2cccc(-c3cc(-c4ccnn4C4CCOCC4)c4c(N)ncnn34)c2)CCN(C(=O)CC#N)CC1. The first-order valence-electron chi connectivity index (χ1n) is 13.4. The minimum absolute atomic E-state index is 0.136. The average Bonchev–Trinajstić information content (AvgIpc) is 3.64. The number of amides is 1. The van der Waals surface area contributed by atoms with Gasteiger partial charge in [-0.1, -0.05) is 18.2 Å². The summed E-state index contributed by atoms with van der Waals surface area (Å²) in [6.07, 6.45) is 5.92. The summed E-state index contributed by atoms with van der Waals surface area (Å²) in [5.74, 6) is 0.193. The summed E-state index contributed by atoms with van der Waals surface area (Å²) in [6, 6.07) is 14.2. The molecule has 11 nitrogen and oxygen atoms in total. The number of nitriles is 1. The van der Waals surface area contributed by atoms with Crippen molar-refractivity contribution in [3.63, 3.8) is 0 Å². The summed E-state index contributed by atoms with van der Waals surface area (Å²) < 4.78 is 9.43. The number of nitrogens with zero attached hydrogens (tertiary/aromatic N) is 8. The third-order valence-electron chi connectivity index (χ3n) is 8.15. The number of carbonyl (C=O) groups is 1. The van der Waals surface area contributed by atoms with Crippen molar-refractivity contribution < 1.29 is 9.53 Å². The Kier molecular flexibility index (Phi) is 6.66. The molecule has 0 spiro atoms. The Morgan fingerprint density at radius 3 is 2.73 bits per heavy atom. The number of ether oxygens (including phenoxy) is 1. The van der Waals surface area contributed by atoms with E-state index in [1.165, 1.54) is 6.33 Å². The highest BCUT2D eigenvalue weighted by Crippen LogP contribution is 2.41. The van der Waals surface area contributed by atoms with Crippen molar-refractivity contribution in [3.8, 4) is 28.6 Å². The molecular weight excluding hydrogens is 506 g/mol. The molecule has 0 aliphatic carbocycles. The lowest BCUT2D eigenvalue weighted by atomic mass is 9.81. The molecule has 0 unspecified atom stereocenters. The molecule has 1 amide bonds. The van der Waals surface area contributed by atoms with Crippen LogP contribution in [-0.4, -0.2) is 61.5 Å². The van der Waals surface area contributed by atoms with E-state index in [4.69, 9.17) is 22.3 Å². The molecule has 0 saturated carbocycles. The number of anilines is 1. The molecule has 40 heavy (non-hydrogen) atoms. The molecule has 3 aromatic heterocycles. The van der Waals surface area contributed by atoms with Gasteiger partial charge in [0.2, 0.25) is 5.91 Å². The maximum absolute atomic E-state index is 12.2. The highest BCUT2D eigenvalue weighted by Gasteiger charge is 2.43. The number of aromatic nitrogens is 5. The smallest absolute Gasteiger partial charge is 0.260 e. The number of nitrogen functional groups attached to an aromatic ring is 1. The van der Waals surface area contributed by atoms with E-state index in [-0.39, 0.29) is 18.4 Å². The van der Waals surface area contributed by atoms with Crippen molar-refractivity contribution in [2.24, 2.45) is 0 Å². The number of benzene rings is 1. The van der Waals surface area contributed by atoms with Crippen molar-refractivity contribution in [2.75, 3.05) is 32.0 Å². The molecule has 11 heteroatoms. The molecule has 2 aliphatic rings. The van der Waals surface area contributed by atoms with E-state index in [2.05, 4.69) is 30.8 Å². The maximum atomic E-state index is 12.2. The third kappa shape index (κ3) is 4.34. The van der Waals surface area contributed by atoms with Gasteiger partial charge in [-0.15, -0.1) is 0 Å². The summed E-state index contributed by atoms with van der Waals surface area (Å²) in [5, 5.41) is 18.1. The Labute approximate surface area is 231 Å². The zero-order valence-corrected chi connectivity index (χ0v) is 22.0. The molecule has 0 radical (unpaired) electrons. The first-order chi connectivity index (χ1) is 19.5. The van der Waals surface area contributed by atoms with Crippen LogP contribution < -0.4 is 5.73 Å². The maximum Gasteiger partial charge on any atom is 0.260 e. The van der Waals surface area contributed by atoms with Crippen LogP contribution in [0.15, 0.2) is 48.9 Å². The Morgan fingerprint density at radius 1 is 1.18 bits per heavy atom. The van der Waals surface area contributed by atoms with Crippen LogP contribution in [0.3, 0.4) is 0 Å². The van der Waals surface area contributed by atoms with Crippen LogP contribution in [0, 0.1) is 17.9 Å². The van der Waals surface area contributed by atoms with Crippen molar-refractivity contribution >= 4 is 17.2 Å². The van der Waals surface area contributed by atoms with Crippen LogP contribution in [0.4, 0.5) is 5.82 Å². The van der Waals surface area contributed by atoms with Crippen LogP contribution in [0.2, 0.25) is 0 Å². The molecule has 2 N–H and O–H groups in total. The zero-order valence-electron chi connectivity index (χ0n) is 22.0. The largest absolute Gasteiger partial charge is 0.382 e. The summed E-state index contributed by atoms with van der Waals surface area (Å²) >= 11 is 0. The first kappa shape index (κ1) is 25.5. The Bertz CT molecular complexity index is 1640. The van der Waals surface area contributed by atoms with Gasteiger partial charge in [0.05, 0.1) is 23.5 Å². The minimum atomic E-state index is -0.745. The number of nitrogens with two attached hydrogens (primary N) is 1. The number of carbonyl (C=O) groups excluding carboxylic acids is 1. The Balaban J connectivity index is 1.40.